The van der Waals surface area contributed by atoms with Crippen molar-refractivity contribution in [2.24, 2.45) is 4.99 Å². The number of rotatable bonds is 7. The van der Waals surface area contributed by atoms with E-state index in [9.17, 15) is 0 Å². The van der Waals surface area contributed by atoms with Crippen LogP contribution in [0.4, 0.5) is 5.69 Å². The van der Waals surface area contributed by atoms with Gasteiger partial charge in [0.25, 0.3) is 0 Å². The number of hydrogen-bond donors (Lipinski definition) is 1. The van der Waals surface area contributed by atoms with Crippen LogP contribution in [0.2, 0.25) is 0 Å². The van der Waals surface area contributed by atoms with Crippen LogP contribution in [0.15, 0.2) is 229 Å². The number of fused-ring (bicyclic) bond motifs is 11. The van der Waals surface area contributed by atoms with Gasteiger partial charge in [-0.3, -0.25) is 4.99 Å². The van der Waals surface area contributed by atoms with Crippen molar-refractivity contribution in [2.45, 2.75) is 70.4 Å². The molecule has 2 atom stereocenters. The van der Waals surface area contributed by atoms with E-state index >= 15 is 0 Å². The number of nitrogens with one attached hydrogen (secondary N) is 1. The van der Waals surface area contributed by atoms with E-state index in [0.717, 1.165) is 54.6 Å². The van der Waals surface area contributed by atoms with Crippen molar-refractivity contribution in [1.82, 2.24) is 9.13 Å². The fourth-order valence-electron chi connectivity index (χ4n) is 14.5. The molecule has 2 aromatic heterocycles. The number of benzene rings is 9. The van der Waals surface area contributed by atoms with Gasteiger partial charge in [-0.15, -0.1) is 0 Å². The van der Waals surface area contributed by atoms with Gasteiger partial charge < -0.3 is 14.5 Å². The minimum absolute atomic E-state index is 0.0648. The first kappa shape index (κ1) is 46.8. The number of para-hydroxylation sites is 1. The van der Waals surface area contributed by atoms with Gasteiger partial charge in [0.15, 0.2) is 0 Å². The van der Waals surface area contributed by atoms with Crippen LogP contribution in [0.1, 0.15) is 120 Å². The summed E-state index contributed by atoms with van der Waals surface area (Å²) in [5, 5.41) is 8.96. The zero-order valence-corrected chi connectivity index (χ0v) is 45.5. The first-order valence-electron chi connectivity index (χ1n) is 28.8. The lowest BCUT2D eigenvalue weighted by molar-refractivity contribution is 0.651. The van der Waals surface area contributed by atoms with Crippen LogP contribution in [-0.4, -0.2) is 14.8 Å². The van der Waals surface area contributed by atoms with Crippen molar-refractivity contribution in [1.29, 1.82) is 0 Å². The molecule has 4 heteroatoms. The molecule has 4 nitrogen and oxygen atoms in total. The van der Waals surface area contributed by atoms with Gasteiger partial charge in [0, 0.05) is 72.5 Å². The third kappa shape index (κ3) is 7.31. The summed E-state index contributed by atoms with van der Waals surface area (Å²) in [4.78, 5) is 5.68. The number of aromatic nitrogens is 2. The third-order valence-electron chi connectivity index (χ3n) is 18.4. The summed E-state index contributed by atoms with van der Waals surface area (Å²) in [7, 11) is 0. The number of hydrogen-bond acceptors (Lipinski definition) is 2. The van der Waals surface area contributed by atoms with Gasteiger partial charge in [-0.25, -0.2) is 0 Å². The summed E-state index contributed by atoms with van der Waals surface area (Å²) < 4.78 is 5.07. The highest BCUT2D eigenvalue weighted by Gasteiger charge is 2.38. The highest BCUT2D eigenvalue weighted by molar-refractivity contribution is 6.21. The Kier molecular flexibility index (Phi) is 10.6. The van der Waals surface area contributed by atoms with Crippen molar-refractivity contribution in [3.63, 3.8) is 0 Å². The predicted molar refractivity (Wildman–Crippen MR) is 336 cm³/mol. The molecule has 0 fully saturated rings. The second-order valence-electron chi connectivity index (χ2n) is 23.3. The summed E-state index contributed by atoms with van der Waals surface area (Å²) >= 11 is 0. The number of nitrogens with zero attached hydrogens (tertiary/aromatic N) is 3. The smallest absolute Gasteiger partial charge is 0.145 e. The molecule has 16 rings (SSSR count). The molecule has 80 heavy (non-hydrogen) atoms. The molecule has 0 spiro atoms. The normalized spacial score (nSPS) is 17.8. The van der Waals surface area contributed by atoms with Gasteiger partial charge in [-0.2, -0.15) is 0 Å². The van der Waals surface area contributed by atoms with Gasteiger partial charge in [0.05, 0.1) is 22.4 Å². The monoisotopic (exact) mass is 1030 g/mol. The van der Waals surface area contributed by atoms with Crippen molar-refractivity contribution in [3.05, 3.63) is 285 Å². The Hall–Kier alpha value is -9.25. The average Bonchev–Trinajstić information content (AvgIpc) is 4.14. The molecule has 3 heterocycles. The van der Waals surface area contributed by atoms with Crippen molar-refractivity contribution >= 4 is 72.8 Å². The van der Waals surface area contributed by atoms with Crippen LogP contribution in [0, 0.1) is 0 Å². The Morgan fingerprint density at radius 2 is 1.19 bits per heavy atom. The van der Waals surface area contributed by atoms with Crippen molar-refractivity contribution in [2.75, 3.05) is 5.32 Å². The minimum atomic E-state index is -0.273. The molecule has 11 aromatic rings. The Labute approximate surface area is 468 Å². The standard InChI is InChI=1S/C76H60N4/c1-47-41-56(54-33-39-70-64(44-54)63-42-52(48-17-7-4-8-18-48)31-38-69(63)79(70)57-22-11-6-12-23-57)45-66-65-43-53(49-19-9-5-10-20-49)32-40-71(65)80(74(47)66)58-34-27-51(28-35-58)75-77-72(62-37-29-50-21-13-14-24-59(50)73(62)78-75)55-30-36-61-60-25-15-16-26-67(60)76(2,3)68(61)46-55/h4-14,16-24,26-31,33-39,42-47,75,78H,15,25,32,40-41H2,1-3H3. The minimum Gasteiger partial charge on any atom is -0.359 e. The number of aliphatic imine (C=N–C) groups is 1. The maximum Gasteiger partial charge on any atom is 0.145 e. The zero-order chi connectivity index (χ0) is 53.2. The van der Waals surface area contributed by atoms with Gasteiger partial charge >= 0.3 is 0 Å². The van der Waals surface area contributed by atoms with E-state index in [0.29, 0.717) is 0 Å². The summed E-state index contributed by atoms with van der Waals surface area (Å²) in [5.74, 6) is 0.265. The van der Waals surface area contributed by atoms with Gasteiger partial charge in [-0.05, 0) is 165 Å². The lowest BCUT2D eigenvalue weighted by Gasteiger charge is -2.29. The largest absolute Gasteiger partial charge is 0.359 e. The fraction of sp³-hybridized carbons (Fsp3) is 0.145. The molecule has 0 saturated carbocycles. The van der Waals surface area contributed by atoms with Gasteiger partial charge in [0.1, 0.15) is 6.17 Å². The van der Waals surface area contributed by atoms with E-state index in [-0.39, 0.29) is 17.5 Å². The maximum absolute atomic E-state index is 5.68. The molecule has 0 saturated heterocycles. The third-order valence-corrected chi connectivity index (χ3v) is 18.4. The lowest BCUT2D eigenvalue weighted by atomic mass is 9.79. The fourth-order valence-corrected chi connectivity index (χ4v) is 14.5. The van der Waals surface area contributed by atoms with Crippen LogP contribution in [0.5, 0.6) is 0 Å². The molecule has 5 aliphatic rings. The molecule has 0 amide bonds. The predicted octanol–water partition coefficient (Wildman–Crippen LogP) is 19.3. The second-order valence-corrected chi connectivity index (χ2v) is 23.3. The highest BCUT2D eigenvalue weighted by Crippen LogP contribution is 2.52. The van der Waals surface area contributed by atoms with Crippen molar-refractivity contribution < 1.29 is 0 Å². The van der Waals surface area contributed by atoms with E-state index in [2.05, 4.69) is 266 Å². The Balaban J connectivity index is 0.814. The van der Waals surface area contributed by atoms with Crippen LogP contribution in [-0.2, 0) is 11.8 Å². The second kappa shape index (κ2) is 18.2. The number of allylic oxidation sites excluding steroid dienone is 6. The SMILES string of the molecule is CC1CC(c2ccc3c(c2)c2cc(-c4ccccc4)ccc2n3-c2ccccc2)=Cc2c3c(n(-c4ccc(C5N=C(c6ccc7c(c6)C(C)(C)C6=C7CCC=C6)c6ccc7ccccc7c6N5)cc4)c21)CCC(c1ccccc1)=C3. The molecule has 0 bridgehead atoms. The first-order valence-corrected chi connectivity index (χ1v) is 28.8. The van der Waals surface area contributed by atoms with Gasteiger partial charge in [-0.1, -0.05) is 185 Å². The maximum atomic E-state index is 5.68. The molecule has 1 N–H and O–H groups in total. The molecular formula is C76H60N4. The highest BCUT2D eigenvalue weighted by atomic mass is 15.1. The topological polar surface area (TPSA) is 34.2 Å². The zero-order valence-electron chi connectivity index (χ0n) is 45.5. The summed E-state index contributed by atoms with van der Waals surface area (Å²) in [5.41, 5.74) is 29.5. The Bertz CT molecular complexity index is 4540. The molecule has 1 aliphatic heterocycles. The molecule has 4 aliphatic carbocycles. The lowest BCUT2D eigenvalue weighted by Crippen LogP contribution is -2.22. The van der Waals surface area contributed by atoms with E-state index < -0.39 is 0 Å². The van der Waals surface area contributed by atoms with Crippen LogP contribution in [0.25, 0.3) is 84.0 Å². The summed E-state index contributed by atoms with van der Waals surface area (Å²) in [6.07, 6.45) is 14.6. The Morgan fingerprint density at radius 3 is 1.98 bits per heavy atom. The van der Waals surface area contributed by atoms with Crippen LogP contribution in [0.3, 0.4) is 0 Å². The van der Waals surface area contributed by atoms with Crippen molar-refractivity contribution in [3.8, 4) is 22.5 Å². The Morgan fingerprint density at radius 1 is 0.525 bits per heavy atom. The van der Waals surface area contributed by atoms with Crippen LogP contribution < -0.4 is 5.32 Å². The quantitative estimate of drug-likeness (QED) is 0.170. The van der Waals surface area contributed by atoms with E-state index in [1.165, 1.54) is 128 Å². The molecule has 9 aromatic carbocycles. The van der Waals surface area contributed by atoms with E-state index in [4.69, 9.17) is 4.99 Å². The molecular weight excluding hydrogens is 969 g/mol. The van der Waals surface area contributed by atoms with E-state index in [1.807, 2.05) is 0 Å². The molecule has 2 unspecified atom stereocenters. The summed E-state index contributed by atoms with van der Waals surface area (Å²) in [6.45, 7) is 7.23. The molecule has 0 radical (unpaired) electrons. The van der Waals surface area contributed by atoms with Gasteiger partial charge in [0.2, 0.25) is 0 Å². The number of anilines is 1. The first-order chi connectivity index (χ1) is 39.3. The van der Waals surface area contributed by atoms with Crippen LogP contribution >= 0.6 is 0 Å². The molecule has 384 valence electrons. The van der Waals surface area contributed by atoms with E-state index in [1.54, 1.807) is 0 Å². The summed E-state index contributed by atoms with van der Waals surface area (Å²) in [6, 6.07) is 76.6. The average molecular weight is 1030 g/mol.